The molecule has 2 amide bonds. The van der Waals surface area contributed by atoms with Crippen LogP contribution >= 0.6 is 11.3 Å². The lowest BCUT2D eigenvalue weighted by atomic mass is 10.0. The van der Waals surface area contributed by atoms with Crippen molar-refractivity contribution in [3.63, 3.8) is 0 Å². The Morgan fingerprint density at radius 2 is 2.00 bits per heavy atom. The average Bonchev–Trinajstić information content (AvgIpc) is 3.55. The zero-order valence-corrected chi connectivity index (χ0v) is 24.7. The van der Waals surface area contributed by atoms with Crippen LogP contribution in [0.4, 0.5) is 0 Å². The Morgan fingerprint density at radius 3 is 2.67 bits per heavy atom. The molecule has 1 aromatic carbocycles. The normalized spacial score (nSPS) is 17.2. The molecule has 8 nitrogen and oxygen atoms in total. The van der Waals surface area contributed by atoms with Crippen LogP contribution in [0.1, 0.15) is 74.1 Å². The number of carbonyl (C=O) groups is 2. The summed E-state index contributed by atoms with van der Waals surface area (Å²) >= 11 is 1.73. The van der Waals surface area contributed by atoms with Gasteiger partial charge in [-0.15, -0.1) is 11.3 Å². The van der Waals surface area contributed by atoms with Crippen LogP contribution in [0.15, 0.2) is 35.7 Å². The van der Waals surface area contributed by atoms with Gasteiger partial charge in [0.2, 0.25) is 5.91 Å². The van der Waals surface area contributed by atoms with E-state index in [-0.39, 0.29) is 23.8 Å². The van der Waals surface area contributed by atoms with Crippen molar-refractivity contribution in [1.29, 1.82) is 0 Å². The van der Waals surface area contributed by atoms with Crippen LogP contribution in [0.5, 0.6) is 0 Å². The van der Waals surface area contributed by atoms with Crippen LogP contribution in [-0.4, -0.2) is 71.7 Å². The highest BCUT2D eigenvalue weighted by Crippen LogP contribution is 2.28. The summed E-state index contributed by atoms with van der Waals surface area (Å²) < 4.78 is 8.12. The maximum Gasteiger partial charge on any atom is 0.252 e. The molecule has 0 aliphatic carbocycles. The molecule has 1 saturated heterocycles. The van der Waals surface area contributed by atoms with Crippen LogP contribution in [0.3, 0.4) is 0 Å². The maximum absolute atomic E-state index is 13.4. The summed E-state index contributed by atoms with van der Waals surface area (Å²) in [6.07, 6.45) is 3.30. The fraction of sp³-hybridized carbons (Fsp3) is 0.567. The highest BCUT2D eigenvalue weighted by molar-refractivity contribution is 7.09. The van der Waals surface area contributed by atoms with Crippen molar-refractivity contribution in [2.75, 3.05) is 33.3 Å². The molecule has 3 aromatic rings. The Balaban J connectivity index is 1.52. The number of carbonyl (C=O) groups excluding carboxylic acids is 2. The molecule has 0 radical (unpaired) electrons. The number of rotatable bonds is 12. The van der Waals surface area contributed by atoms with Gasteiger partial charge in [0.25, 0.3) is 5.91 Å². The Bertz CT molecular complexity index is 1230. The fourth-order valence-electron chi connectivity index (χ4n) is 5.32. The first kappa shape index (κ1) is 29.2. The van der Waals surface area contributed by atoms with Crippen molar-refractivity contribution >= 4 is 34.2 Å². The summed E-state index contributed by atoms with van der Waals surface area (Å²) in [4.78, 5) is 34.9. The standard InChI is InChI=1S/C30H43N5O3S/c1-6-22(7-2)35-27-11-10-21(16-25(27)32-28(35)17-24-9-8-14-39-24)29(36)33-26(15-20(3)4)30(37)31-18-23-19-34(5)12-13-38-23/h8-11,14,16,20,22-23,26H,6-7,12-13,15,17-19H2,1-5H3,(H,31,37)(H,33,36)/t23?,26-/m0/s1. The summed E-state index contributed by atoms with van der Waals surface area (Å²) in [7, 11) is 2.05. The van der Waals surface area contributed by atoms with Crippen LogP contribution in [-0.2, 0) is 16.0 Å². The number of hydrogen-bond acceptors (Lipinski definition) is 6. The van der Waals surface area contributed by atoms with Crippen molar-refractivity contribution in [2.24, 2.45) is 5.92 Å². The lowest BCUT2D eigenvalue weighted by Crippen LogP contribution is -2.51. The first-order valence-electron chi connectivity index (χ1n) is 14.2. The third kappa shape index (κ3) is 7.47. The number of nitrogens with zero attached hydrogens (tertiary/aromatic N) is 3. The molecular weight excluding hydrogens is 510 g/mol. The van der Waals surface area contributed by atoms with Gasteiger partial charge in [-0.05, 0) is 61.9 Å². The second-order valence-electron chi connectivity index (χ2n) is 11.0. The molecule has 1 aliphatic heterocycles. The molecule has 0 spiro atoms. The summed E-state index contributed by atoms with van der Waals surface area (Å²) in [5.74, 6) is 0.830. The molecule has 2 N–H and O–H groups in total. The molecule has 0 saturated carbocycles. The highest BCUT2D eigenvalue weighted by atomic mass is 32.1. The predicted octanol–water partition coefficient (Wildman–Crippen LogP) is 4.64. The van der Waals surface area contributed by atoms with Crippen molar-refractivity contribution in [1.82, 2.24) is 25.1 Å². The smallest absolute Gasteiger partial charge is 0.252 e. The number of fused-ring (bicyclic) bond motifs is 1. The van der Waals surface area contributed by atoms with E-state index in [2.05, 4.69) is 72.4 Å². The first-order valence-corrected chi connectivity index (χ1v) is 15.1. The second-order valence-corrected chi connectivity index (χ2v) is 12.0. The molecule has 2 atom stereocenters. The molecule has 4 rings (SSSR count). The zero-order valence-electron chi connectivity index (χ0n) is 23.9. The number of imidazole rings is 1. The van der Waals surface area contributed by atoms with Gasteiger partial charge in [-0.25, -0.2) is 4.98 Å². The summed E-state index contributed by atoms with van der Waals surface area (Å²) in [5, 5.41) is 8.08. The third-order valence-corrected chi connectivity index (χ3v) is 8.30. The van der Waals surface area contributed by atoms with Gasteiger partial charge in [-0.2, -0.15) is 0 Å². The largest absolute Gasteiger partial charge is 0.374 e. The van der Waals surface area contributed by atoms with E-state index in [4.69, 9.17) is 9.72 Å². The number of benzene rings is 1. The molecule has 1 aliphatic rings. The van der Waals surface area contributed by atoms with Gasteiger partial charge in [0, 0.05) is 42.5 Å². The minimum Gasteiger partial charge on any atom is -0.374 e. The van der Waals surface area contributed by atoms with E-state index in [1.807, 2.05) is 18.2 Å². The van der Waals surface area contributed by atoms with Crippen molar-refractivity contribution in [3.05, 3.63) is 52.0 Å². The van der Waals surface area contributed by atoms with Crippen molar-refractivity contribution in [3.8, 4) is 0 Å². The molecule has 1 fully saturated rings. The van der Waals surface area contributed by atoms with Gasteiger partial charge in [-0.1, -0.05) is 33.8 Å². The summed E-state index contributed by atoms with van der Waals surface area (Å²) in [6.45, 7) is 11.3. The summed E-state index contributed by atoms with van der Waals surface area (Å²) in [5.41, 5.74) is 2.36. The Kier molecular flexibility index (Phi) is 10.2. The van der Waals surface area contributed by atoms with Gasteiger partial charge < -0.3 is 24.8 Å². The Morgan fingerprint density at radius 1 is 1.21 bits per heavy atom. The van der Waals surface area contributed by atoms with E-state index < -0.39 is 6.04 Å². The molecule has 212 valence electrons. The number of thiophene rings is 1. The van der Waals surface area contributed by atoms with Crippen molar-refractivity contribution in [2.45, 2.75) is 71.6 Å². The second kappa shape index (κ2) is 13.5. The number of aromatic nitrogens is 2. The van der Waals surface area contributed by atoms with Gasteiger partial charge >= 0.3 is 0 Å². The predicted molar refractivity (Wildman–Crippen MR) is 157 cm³/mol. The molecule has 1 unspecified atom stereocenters. The fourth-order valence-corrected chi connectivity index (χ4v) is 6.02. The maximum atomic E-state index is 13.4. The molecule has 2 aromatic heterocycles. The van der Waals surface area contributed by atoms with Gasteiger partial charge in [-0.3, -0.25) is 9.59 Å². The van der Waals surface area contributed by atoms with Crippen LogP contribution < -0.4 is 10.6 Å². The monoisotopic (exact) mass is 553 g/mol. The van der Waals surface area contributed by atoms with E-state index in [0.29, 0.717) is 31.2 Å². The molecule has 0 bridgehead atoms. The van der Waals surface area contributed by atoms with E-state index in [0.717, 1.165) is 49.2 Å². The lowest BCUT2D eigenvalue weighted by molar-refractivity contribution is -0.124. The number of amides is 2. The van der Waals surface area contributed by atoms with Crippen LogP contribution in [0, 0.1) is 5.92 Å². The molecule has 3 heterocycles. The minimum absolute atomic E-state index is 0.0425. The number of morpholine rings is 1. The number of likely N-dealkylation sites (N-methyl/N-ethyl adjacent to an activating group) is 1. The zero-order chi connectivity index (χ0) is 27.9. The number of ether oxygens (including phenoxy) is 1. The third-order valence-electron chi connectivity index (χ3n) is 7.42. The molecule has 9 heteroatoms. The minimum atomic E-state index is -0.619. The van der Waals surface area contributed by atoms with Crippen LogP contribution in [0.25, 0.3) is 11.0 Å². The SMILES string of the molecule is CCC(CC)n1c(Cc2cccs2)nc2cc(C(=O)N[C@@H](CC(C)C)C(=O)NCC3CN(C)CCO3)ccc21. The van der Waals surface area contributed by atoms with E-state index in [1.165, 1.54) is 4.88 Å². The van der Waals surface area contributed by atoms with E-state index >= 15 is 0 Å². The Labute approximate surface area is 236 Å². The number of nitrogens with one attached hydrogen (secondary N) is 2. The summed E-state index contributed by atoms with van der Waals surface area (Å²) in [6, 6.07) is 9.64. The Hall–Kier alpha value is -2.75. The van der Waals surface area contributed by atoms with Gasteiger partial charge in [0.15, 0.2) is 0 Å². The van der Waals surface area contributed by atoms with Crippen molar-refractivity contribution < 1.29 is 14.3 Å². The first-order chi connectivity index (χ1) is 18.8. The van der Waals surface area contributed by atoms with Gasteiger partial charge in [0.05, 0.1) is 23.7 Å². The average molecular weight is 554 g/mol. The highest BCUT2D eigenvalue weighted by Gasteiger charge is 2.25. The van der Waals surface area contributed by atoms with Crippen LogP contribution in [0.2, 0.25) is 0 Å². The topological polar surface area (TPSA) is 88.5 Å². The molecule has 39 heavy (non-hydrogen) atoms. The molecular formula is C30H43N5O3S. The van der Waals surface area contributed by atoms with Gasteiger partial charge in [0.1, 0.15) is 11.9 Å². The lowest BCUT2D eigenvalue weighted by Gasteiger charge is -2.30. The van der Waals surface area contributed by atoms with E-state index in [1.54, 1.807) is 11.3 Å². The number of hydrogen-bond donors (Lipinski definition) is 2. The quantitative estimate of drug-likeness (QED) is 0.341. The van der Waals surface area contributed by atoms with E-state index in [9.17, 15) is 9.59 Å².